The van der Waals surface area contributed by atoms with E-state index in [4.69, 9.17) is 5.73 Å². The lowest BCUT2D eigenvalue weighted by atomic mass is 10.1. The zero-order valence-corrected chi connectivity index (χ0v) is 14.0. The lowest BCUT2D eigenvalue weighted by Gasteiger charge is -2.15. The molecule has 2 aromatic rings. The van der Waals surface area contributed by atoms with Gasteiger partial charge in [-0.2, -0.15) is 0 Å². The second-order valence-electron chi connectivity index (χ2n) is 4.90. The summed E-state index contributed by atoms with van der Waals surface area (Å²) in [5.74, 6) is 0. The van der Waals surface area contributed by atoms with Crippen LogP contribution >= 0.6 is 15.9 Å². The molecule has 112 valence electrons. The molecule has 0 aromatic heterocycles. The Hall–Kier alpha value is -1.37. The summed E-state index contributed by atoms with van der Waals surface area (Å²) < 4.78 is 27.9. The normalized spacial score (nSPS) is 13.0. The standard InChI is InChI=1S/C15H17BrN2O2S/c1-11(9-12-5-3-2-4-6-12)18-21(19,20)13-7-8-15(17)14(16)10-13/h2-8,10-11,18H,9,17H2,1H3. The minimum atomic E-state index is -3.55. The van der Waals surface area contributed by atoms with E-state index in [1.807, 2.05) is 37.3 Å². The highest BCUT2D eigenvalue weighted by Gasteiger charge is 2.18. The van der Waals surface area contributed by atoms with Crippen molar-refractivity contribution in [2.45, 2.75) is 24.3 Å². The molecule has 21 heavy (non-hydrogen) atoms. The van der Waals surface area contributed by atoms with Gasteiger partial charge in [-0.05, 0) is 53.0 Å². The average molecular weight is 369 g/mol. The van der Waals surface area contributed by atoms with Gasteiger partial charge < -0.3 is 5.73 Å². The third kappa shape index (κ3) is 4.30. The molecule has 6 heteroatoms. The Morgan fingerprint density at radius 2 is 1.86 bits per heavy atom. The molecule has 0 saturated heterocycles. The maximum Gasteiger partial charge on any atom is 0.240 e. The van der Waals surface area contributed by atoms with E-state index < -0.39 is 10.0 Å². The number of rotatable bonds is 5. The van der Waals surface area contributed by atoms with Gasteiger partial charge in [-0.15, -0.1) is 0 Å². The molecule has 1 unspecified atom stereocenters. The van der Waals surface area contributed by atoms with Crippen LogP contribution < -0.4 is 10.5 Å². The van der Waals surface area contributed by atoms with Crippen molar-refractivity contribution in [2.24, 2.45) is 0 Å². The minimum absolute atomic E-state index is 0.198. The van der Waals surface area contributed by atoms with Crippen LogP contribution in [-0.2, 0) is 16.4 Å². The minimum Gasteiger partial charge on any atom is -0.398 e. The van der Waals surface area contributed by atoms with Crippen molar-refractivity contribution in [3.63, 3.8) is 0 Å². The molecule has 0 aliphatic carbocycles. The van der Waals surface area contributed by atoms with Crippen molar-refractivity contribution in [3.05, 3.63) is 58.6 Å². The van der Waals surface area contributed by atoms with Gasteiger partial charge in [0.1, 0.15) is 0 Å². The van der Waals surface area contributed by atoms with Gasteiger partial charge in [-0.25, -0.2) is 13.1 Å². The first kappa shape index (κ1) is 16.0. The SMILES string of the molecule is CC(Cc1ccccc1)NS(=O)(=O)c1ccc(N)c(Br)c1. The number of halogens is 1. The Bertz CT molecular complexity index is 718. The van der Waals surface area contributed by atoms with Gasteiger partial charge >= 0.3 is 0 Å². The van der Waals surface area contributed by atoms with Crippen LogP contribution in [0.2, 0.25) is 0 Å². The number of nitrogens with one attached hydrogen (secondary N) is 1. The first-order valence-corrected chi connectivity index (χ1v) is 8.77. The van der Waals surface area contributed by atoms with E-state index in [2.05, 4.69) is 20.7 Å². The number of benzene rings is 2. The predicted molar refractivity (Wildman–Crippen MR) is 88.5 cm³/mol. The molecule has 0 fully saturated rings. The monoisotopic (exact) mass is 368 g/mol. The van der Waals surface area contributed by atoms with E-state index in [1.54, 1.807) is 6.07 Å². The van der Waals surface area contributed by atoms with Crippen LogP contribution in [-0.4, -0.2) is 14.5 Å². The van der Waals surface area contributed by atoms with E-state index in [0.717, 1.165) is 5.56 Å². The van der Waals surface area contributed by atoms with Gasteiger partial charge in [0.2, 0.25) is 10.0 Å². The highest BCUT2D eigenvalue weighted by atomic mass is 79.9. The second kappa shape index (κ2) is 6.60. The smallest absolute Gasteiger partial charge is 0.240 e. The first-order valence-electron chi connectivity index (χ1n) is 6.50. The van der Waals surface area contributed by atoms with Crippen molar-refractivity contribution in [2.75, 3.05) is 5.73 Å². The van der Waals surface area contributed by atoms with E-state index in [1.165, 1.54) is 12.1 Å². The van der Waals surface area contributed by atoms with E-state index in [-0.39, 0.29) is 10.9 Å². The highest BCUT2D eigenvalue weighted by Crippen LogP contribution is 2.23. The summed E-state index contributed by atoms with van der Waals surface area (Å²) in [6, 6.07) is 14.1. The molecular weight excluding hydrogens is 352 g/mol. The lowest BCUT2D eigenvalue weighted by molar-refractivity contribution is 0.560. The van der Waals surface area contributed by atoms with Crippen LogP contribution in [0.1, 0.15) is 12.5 Å². The molecule has 0 aliphatic rings. The number of nitrogens with two attached hydrogens (primary N) is 1. The number of hydrogen-bond acceptors (Lipinski definition) is 3. The molecule has 0 bridgehead atoms. The van der Waals surface area contributed by atoms with Gasteiger partial charge in [0.25, 0.3) is 0 Å². The van der Waals surface area contributed by atoms with Crippen LogP contribution in [0.5, 0.6) is 0 Å². The van der Waals surface area contributed by atoms with Gasteiger partial charge in [-0.3, -0.25) is 0 Å². The Balaban J connectivity index is 2.11. The molecule has 0 saturated carbocycles. The number of anilines is 1. The van der Waals surface area contributed by atoms with Crippen LogP contribution in [0, 0.1) is 0 Å². The van der Waals surface area contributed by atoms with Crippen LogP contribution in [0.15, 0.2) is 57.9 Å². The zero-order chi connectivity index (χ0) is 15.5. The fraction of sp³-hybridized carbons (Fsp3) is 0.200. The Labute approximate surface area is 133 Å². The Morgan fingerprint density at radius 1 is 1.19 bits per heavy atom. The van der Waals surface area contributed by atoms with Crippen molar-refractivity contribution in [1.29, 1.82) is 0 Å². The van der Waals surface area contributed by atoms with Crippen molar-refractivity contribution < 1.29 is 8.42 Å². The number of sulfonamides is 1. The first-order chi connectivity index (χ1) is 9.88. The molecule has 0 radical (unpaired) electrons. The van der Waals surface area contributed by atoms with Gasteiger partial charge in [0, 0.05) is 16.2 Å². The summed E-state index contributed by atoms with van der Waals surface area (Å²) in [6.45, 7) is 1.84. The molecule has 0 heterocycles. The molecule has 3 N–H and O–H groups in total. The summed E-state index contributed by atoms with van der Waals surface area (Å²) >= 11 is 3.24. The summed E-state index contributed by atoms with van der Waals surface area (Å²) in [5, 5.41) is 0. The van der Waals surface area contributed by atoms with E-state index in [0.29, 0.717) is 16.6 Å². The topological polar surface area (TPSA) is 72.2 Å². The summed E-state index contributed by atoms with van der Waals surface area (Å²) in [7, 11) is -3.55. The maximum atomic E-state index is 12.3. The summed E-state index contributed by atoms with van der Waals surface area (Å²) in [4.78, 5) is 0.198. The van der Waals surface area contributed by atoms with Crippen LogP contribution in [0.25, 0.3) is 0 Å². The van der Waals surface area contributed by atoms with Crippen LogP contribution in [0.3, 0.4) is 0 Å². The molecule has 2 aromatic carbocycles. The van der Waals surface area contributed by atoms with E-state index >= 15 is 0 Å². The zero-order valence-electron chi connectivity index (χ0n) is 11.6. The molecule has 4 nitrogen and oxygen atoms in total. The number of nitrogen functional groups attached to an aromatic ring is 1. The molecule has 0 spiro atoms. The Morgan fingerprint density at radius 3 is 2.48 bits per heavy atom. The lowest BCUT2D eigenvalue weighted by Crippen LogP contribution is -2.34. The number of hydrogen-bond donors (Lipinski definition) is 2. The Kier molecular flexibility index (Phi) is 5.03. The van der Waals surface area contributed by atoms with Crippen molar-refractivity contribution in [1.82, 2.24) is 4.72 Å². The fourth-order valence-corrected chi connectivity index (χ4v) is 3.82. The average Bonchev–Trinajstić information content (AvgIpc) is 2.42. The molecule has 0 aliphatic heterocycles. The largest absolute Gasteiger partial charge is 0.398 e. The fourth-order valence-electron chi connectivity index (χ4n) is 2.02. The summed E-state index contributed by atoms with van der Waals surface area (Å²) in [5.41, 5.74) is 7.27. The van der Waals surface area contributed by atoms with E-state index in [9.17, 15) is 8.42 Å². The maximum absolute atomic E-state index is 12.3. The van der Waals surface area contributed by atoms with Gasteiger partial charge in [-0.1, -0.05) is 30.3 Å². The second-order valence-corrected chi connectivity index (χ2v) is 7.46. The van der Waals surface area contributed by atoms with Crippen LogP contribution in [0.4, 0.5) is 5.69 Å². The quantitative estimate of drug-likeness (QED) is 0.796. The third-order valence-electron chi connectivity index (χ3n) is 3.02. The molecule has 1 atom stereocenters. The molecule has 0 amide bonds. The van der Waals surface area contributed by atoms with Gasteiger partial charge in [0.05, 0.1) is 4.90 Å². The summed E-state index contributed by atoms with van der Waals surface area (Å²) in [6.07, 6.45) is 0.635. The van der Waals surface area contributed by atoms with Crippen molar-refractivity contribution >= 4 is 31.6 Å². The van der Waals surface area contributed by atoms with Crippen molar-refractivity contribution in [3.8, 4) is 0 Å². The molecular formula is C15H17BrN2O2S. The highest BCUT2D eigenvalue weighted by molar-refractivity contribution is 9.10. The predicted octanol–water partition coefficient (Wildman–Crippen LogP) is 2.94. The molecule has 2 rings (SSSR count). The third-order valence-corrected chi connectivity index (χ3v) is 5.30. The van der Waals surface area contributed by atoms with Gasteiger partial charge in [0.15, 0.2) is 0 Å².